The summed E-state index contributed by atoms with van der Waals surface area (Å²) in [6.45, 7) is 1.67. The van der Waals surface area contributed by atoms with Crippen LogP contribution in [0.25, 0.3) is 0 Å². The summed E-state index contributed by atoms with van der Waals surface area (Å²) in [5.74, 6) is 0.523. The molecule has 0 rings (SSSR count). The molecule has 0 aromatic heterocycles. The maximum Gasteiger partial charge on any atom is 0.126 e. The van der Waals surface area contributed by atoms with E-state index in [1.807, 2.05) is 0 Å². The van der Waals surface area contributed by atoms with E-state index in [4.69, 9.17) is 5.11 Å². The third-order valence-electron chi connectivity index (χ3n) is 0.504. The first kappa shape index (κ1) is 5.34. The molecule has 0 aromatic carbocycles. The molecule has 0 spiro atoms. The predicted octanol–water partition coefficient (Wildman–Crippen LogP) is 1.05. The van der Waals surface area contributed by atoms with Gasteiger partial charge in [-0.1, -0.05) is 0 Å². The number of methoxy groups -OCH3 is 1. The summed E-state index contributed by atoms with van der Waals surface area (Å²) < 4.78 is 4.51. The van der Waals surface area contributed by atoms with Crippen molar-refractivity contribution in [3.63, 3.8) is 0 Å². The Bertz CT molecular complexity index is 56.6. The second-order valence-corrected chi connectivity index (χ2v) is 0.944. The normalized spacial score (nSPS) is 11.3. The smallest absolute Gasteiger partial charge is 0.126 e. The lowest BCUT2D eigenvalue weighted by Crippen LogP contribution is -1.75. The van der Waals surface area contributed by atoms with Gasteiger partial charge in [0, 0.05) is 0 Å². The minimum Gasteiger partial charge on any atom is -0.512 e. The van der Waals surface area contributed by atoms with Gasteiger partial charge < -0.3 is 9.84 Å². The van der Waals surface area contributed by atoms with Crippen LogP contribution < -0.4 is 0 Å². The number of aliphatic hydroxyl groups is 1. The van der Waals surface area contributed by atoms with Crippen LogP contribution >= 0.6 is 0 Å². The Morgan fingerprint density at radius 2 is 2.33 bits per heavy atom. The van der Waals surface area contributed by atoms with E-state index in [1.165, 1.54) is 7.11 Å². The van der Waals surface area contributed by atoms with Gasteiger partial charge in [0.2, 0.25) is 0 Å². The van der Waals surface area contributed by atoms with Crippen molar-refractivity contribution in [2.75, 3.05) is 7.11 Å². The fourth-order valence-corrected chi connectivity index (χ4v) is 0.0527. The average molecular weight is 88.1 g/mol. The van der Waals surface area contributed by atoms with Gasteiger partial charge in [-0.3, -0.25) is 0 Å². The Morgan fingerprint density at radius 1 is 1.83 bits per heavy atom. The molecule has 0 aliphatic heterocycles. The van der Waals surface area contributed by atoms with Crippen molar-refractivity contribution in [1.29, 1.82) is 0 Å². The molecule has 1 N–H and O–H groups in total. The summed E-state index contributed by atoms with van der Waals surface area (Å²) in [4.78, 5) is 0. The van der Waals surface area contributed by atoms with Crippen LogP contribution in [0.5, 0.6) is 0 Å². The molecule has 2 heteroatoms. The molecule has 2 nitrogen and oxygen atoms in total. The van der Waals surface area contributed by atoms with Crippen molar-refractivity contribution in [3.8, 4) is 0 Å². The zero-order valence-corrected chi connectivity index (χ0v) is 3.93. The summed E-state index contributed by atoms with van der Waals surface area (Å²) in [6, 6.07) is 0. The maximum atomic E-state index is 8.05. The topological polar surface area (TPSA) is 29.5 Å². The van der Waals surface area contributed by atoms with Gasteiger partial charge >= 0.3 is 0 Å². The molecule has 6 heavy (non-hydrogen) atoms. The molecule has 0 atom stereocenters. The first-order valence-corrected chi connectivity index (χ1v) is 1.66. The van der Waals surface area contributed by atoms with Gasteiger partial charge in [0.15, 0.2) is 0 Å². The molecule has 0 amide bonds. The fourth-order valence-electron chi connectivity index (χ4n) is 0.0527. The monoisotopic (exact) mass is 88.1 g/mol. The standard InChI is InChI=1S/C4H8O2/c1-4(3-5)6-2/h3,5H,1-2H3/b4-3-. The van der Waals surface area contributed by atoms with E-state index in [-0.39, 0.29) is 0 Å². The van der Waals surface area contributed by atoms with Crippen LogP contribution in [-0.2, 0) is 4.74 Å². The maximum absolute atomic E-state index is 8.05. The molecule has 0 saturated heterocycles. The Balaban J connectivity index is 3.22. The molecule has 0 aliphatic carbocycles. The molecule has 0 saturated carbocycles. The number of hydrogen-bond acceptors (Lipinski definition) is 2. The molecule has 0 heterocycles. The molecule has 0 bridgehead atoms. The second kappa shape index (κ2) is 2.57. The van der Waals surface area contributed by atoms with Gasteiger partial charge in [-0.15, -0.1) is 0 Å². The summed E-state index contributed by atoms with van der Waals surface area (Å²) >= 11 is 0. The van der Waals surface area contributed by atoms with E-state index in [2.05, 4.69) is 4.74 Å². The zero-order chi connectivity index (χ0) is 4.99. The minimum absolute atomic E-state index is 0.523. The highest BCUT2D eigenvalue weighted by Crippen LogP contribution is 1.85. The van der Waals surface area contributed by atoms with E-state index in [0.717, 1.165) is 6.26 Å². The van der Waals surface area contributed by atoms with Crippen LogP contribution in [-0.4, -0.2) is 12.2 Å². The van der Waals surface area contributed by atoms with Crippen LogP contribution in [0.15, 0.2) is 12.0 Å². The predicted molar refractivity (Wildman–Crippen MR) is 23.4 cm³/mol. The third kappa shape index (κ3) is 1.64. The van der Waals surface area contributed by atoms with Gasteiger partial charge in [-0.25, -0.2) is 0 Å². The number of allylic oxidation sites excluding steroid dienone is 1. The van der Waals surface area contributed by atoms with Gasteiger partial charge in [-0.2, -0.15) is 0 Å². The summed E-state index contributed by atoms with van der Waals surface area (Å²) in [6.07, 6.45) is 0.917. The zero-order valence-electron chi connectivity index (χ0n) is 3.93. The van der Waals surface area contributed by atoms with E-state index in [0.29, 0.717) is 5.76 Å². The third-order valence-corrected chi connectivity index (χ3v) is 0.504. The van der Waals surface area contributed by atoms with Crippen LogP contribution in [0.3, 0.4) is 0 Å². The Labute approximate surface area is 37.1 Å². The van der Waals surface area contributed by atoms with Gasteiger partial charge in [-0.05, 0) is 6.92 Å². The number of ether oxygens (including phenoxy) is 1. The van der Waals surface area contributed by atoms with Gasteiger partial charge in [0.1, 0.15) is 12.0 Å². The molecular formula is C4H8O2. The lowest BCUT2D eigenvalue weighted by molar-refractivity contribution is 0.273. The SMILES string of the molecule is CO/C(C)=C\O. The first-order chi connectivity index (χ1) is 2.81. The molecule has 0 unspecified atom stereocenters. The first-order valence-electron chi connectivity index (χ1n) is 1.66. The highest BCUT2D eigenvalue weighted by atomic mass is 16.5. The van der Waals surface area contributed by atoms with Crippen molar-refractivity contribution >= 4 is 0 Å². The van der Waals surface area contributed by atoms with E-state index < -0.39 is 0 Å². The Hall–Kier alpha value is -0.660. The number of rotatable bonds is 1. The largest absolute Gasteiger partial charge is 0.512 e. The van der Waals surface area contributed by atoms with Crippen molar-refractivity contribution in [1.82, 2.24) is 0 Å². The molecule has 0 aliphatic rings. The van der Waals surface area contributed by atoms with Crippen molar-refractivity contribution < 1.29 is 9.84 Å². The Kier molecular flexibility index (Phi) is 2.29. The number of aliphatic hydroxyl groups excluding tert-OH is 1. The molecule has 0 fully saturated rings. The molecule has 0 radical (unpaired) electrons. The highest BCUT2D eigenvalue weighted by Gasteiger charge is 1.74. The van der Waals surface area contributed by atoms with Crippen LogP contribution in [0, 0.1) is 0 Å². The fraction of sp³-hybridized carbons (Fsp3) is 0.500. The van der Waals surface area contributed by atoms with E-state index >= 15 is 0 Å². The van der Waals surface area contributed by atoms with E-state index in [9.17, 15) is 0 Å². The van der Waals surface area contributed by atoms with Crippen LogP contribution in [0.1, 0.15) is 6.92 Å². The quantitative estimate of drug-likeness (QED) is 0.485. The summed E-state index contributed by atoms with van der Waals surface area (Å²) in [5.41, 5.74) is 0. The highest BCUT2D eigenvalue weighted by molar-refractivity contribution is 4.77. The minimum atomic E-state index is 0.523. The van der Waals surface area contributed by atoms with Crippen LogP contribution in [0.2, 0.25) is 0 Å². The summed E-state index contributed by atoms with van der Waals surface area (Å²) in [7, 11) is 1.50. The van der Waals surface area contributed by atoms with Crippen molar-refractivity contribution in [2.24, 2.45) is 0 Å². The van der Waals surface area contributed by atoms with Crippen molar-refractivity contribution in [2.45, 2.75) is 6.92 Å². The second-order valence-electron chi connectivity index (χ2n) is 0.944. The summed E-state index contributed by atoms with van der Waals surface area (Å²) in [5, 5.41) is 8.05. The van der Waals surface area contributed by atoms with Gasteiger partial charge in [0.25, 0.3) is 0 Å². The van der Waals surface area contributed by atoms with Crippen molar-refractivity contribution in [3.05, 3.63) is 12.0 Å². The lowest BCUT2D eigenvalue weighted by atomic mass is 10.6. The average Bonchev–Trinajstić information content (AvgIpc) is 1.65. The van der Waals surface area contributed by atoms with E-state index in [1.54, 1.807) is 6.92 Å². The lowest BCUT2D eigenvalue weighted by Gasteiger charge is -1.90. The Morgan fingerprint density at radius 3 is 2.33 bits per heavy atom. The van der Waals surface area contributed by atoms with Crippen LogP contribution in [0.4, 0.5) is 0 Å². The molecule has 0 aromatic rings. The van der Waals surface area contributed by atoms with Gasteiger partial charge in [0.05, 0.1) is 7.11 Å². The number of hydrogen-bond donors (Lipinski definition) is 1. The molecular weight excluding hydrogens is 80.0 g/mol. The molecule has 36 valence electrons.